The Balaban J connectivity index is 1.93. The summed E-state index contributed by atoms with van der Waals surface area (Å²) in [6.07, 6.45) is -0.601. The van der Waals surface area contributed by atoms with Gasteiger partial charge in [0.2, 0.25) is 0 Å². The van der Waals surface area contributed by atoms with Crippen molar-refractivity contribution in [3.63, 3.8) is 0 Å². The van der Waals surface area contributed by atoms with Gasteiger partial charge in [-0.15, -0.1) is 0 Å². The van der Waals surface area contributed by atoms with Crippen LogP contribution in [0.15, 0.2) is 12.1 Å². The molecule has 1 aromatic heterocycles. The third-order valence-corrected chi connectivity index (χ3v) is 5.07. The summed E-state index contributed by atoms with van der Waals surface area (Å²) in [6, 6.07) is 3.76. The van der Waals surface area contributed by atoms with Crippen LogP contribution >= 0.6 is 0 Å². The number of fused-ring (bicyclic) bond motifs is 1. The molecule has 6 nitrogen and oxygen atoms in total. The van der Waals surface area contributed by atoms with Crippen molar-refractivity contribution in [1.29, 1.82) is 0 Å². The van der Waals surface area contributed by atoms with Crippen molar-refractivity contribution in [1.82, 2.24) is 14.7 Å². The zero-order valence-electron chi connectivity index (χ0n) is 15.7. The van der Waals surface area contributed by atoms with Gasteiger partial charge < -0.3 is 14.6 Å². The summed E-state index contributed by atoms with van der Waals surface area (Å²) in [7, 11) is 3.29. The number of aryl methyl sites for hydroxylation is 2. The molecule has 0 bridgehead atoms. The summed E-state index contributed by atoms with van der Waals surface area (Å²) < 4.78 is 13.0. The lowest BCUT2D eigenvalue weighted by Crippen LogP contribution is -2.34. The molecule has 1 aliphatic heterocycles. The normalized spacial score (nSPS) is 17.4. The monoisotopic (exact) mass is 345 g/mol. The molecule has 2 aromatic rings. The molecule has 1 aliphatic rings. The Morgan fingerprint density at radius 1 is 1.20 bits per heavy atom. The summed E-state index contributed by atoms with van der Waals surface area (Å²) in [5, 5.41) is 15.3. The molecular formula is C19H27N3O3. The molecule has 0 fully saturated rings. The number of β-amino-alcohol motifs (C(OH)–C–C–N with tert-alkyl or cyclic N) is 1. The fourth-order valence-corrected chi connectivity index (χ4v) is 3.76. The Morgan fingerprint density at radius 3 is 2.48 bits per heavy atom. The molecule has 2 heterocycles. The van der Waals surface area contributed by atoms with Crippen molar-refractivity contribution in [2.45, 2.75) is 46.5 Å². The number of nitrogens with zero attached hydrogens (tertiary/aromatic N) is 3. The van der Waals surface area contributed by atoms with Crippen LogP contribution in [0.1, 0.15) is 41.1 Å². The van der Waals surface area contributed by atoms with Gasteiger partial charge in [-0.3, -0.25) is 9.58 Å². The third kappa shape index (κ3) is 3.12. The number of aromatic nitrogens is 2. The molecule has 0 saturated heterocycles. The van der Waals surface area contributed by atoms with Crippen LogP contribution in [-0.4, -0.2) is 40.6 Å². The van der Waals surface area contributed by atoms with Gasteiger partial charge in [0.1, 0.15) is 11.5 Å². The number of benzene rings is 1. The fraction of sp³-hybridized carbons (Fsp3) is 0.526. The summed E-state index contributed by atoms with van der Waals surface area (Å²) in [4.78, 5) is 2.24. The molecule has 3 rings (SSSR count). The number of methoxy groups -OCH3 is 2. The Bertz CT molecular complexity index is 770. The lowest BCUT2D eigenvalue weighted by Gasteiger charge is -2.34. The number of hydrogen-bond donors (Lipinski definition) is 1. The van der Waals surface area contributed by atoms with Crippen molar-refractivity contribution >= 4 is 0 Å². The number of ether oxygens (including phenoxy) is 2. The Morgan fingerprint density at radius 2 is 1.88 bits per heavy atom. The van der Waals surface area contributed by atoms with E-state index in [0.717, 1.165) is 35.7 Å². The van der Waals surface area contributed by atoms with Crippen LogP contribution in [0.4, 0.5) is 0 Å². The first kappa shape index (κ1) is 17.8. The van der Waals surface area contributed by atoms with E-state index in [-0.39, 0.29) is 0 Å². The average Bonchev–Trinajstić information content (AvgIpc) is 2.88. The van der Waals surface area contributed by atoms with Gasteiger partial charge in [-0.1, -0.05) is 0 Å². The third-order valence-electron chi connectivity index (χ3n) is 5.07. The largest absolute Gasteiger partial charge is 0.496 e. The van der Waals surface area contributed by atoms with Crippen molar-refractivity contribution in [3.8, 4) is 11.5 Å². The van der Waals surface area contributed by atoms with Gasteiger partial charge in [-0.2, -0.15) is 5.10 Å². The number of aliphatic hydroxyl groups is 1. The maximum Gasteiger partial charge on any atom is 0.125 e. The van der Waals surface area contributed by atoms with E-state index in [1.807, 2.05) is 23.7 Å². The van der Waals surface area contributed by atoms with Gasteiger partial charge in [0.25, 0.3) is 0 Å². The quantitative estimate of drug-likeness (QED) is 0.903. The Kier molecular flexibility index (Phi) is 5.01. The number of rotatable bonds is 5. The highest BCUT2D eigenvalue weighted by Crippen LogP contribution is 2.39. The van der Waals surface area contributed by atoms with Gasteiger partial charge in [0.15, 0.2) is 0 Å². The van der Waals surface area contributed by atoms with Crippen LogP contribution in [0.5, 0.6) is 11.5 Å². The highest BCUT2D eigenvalue weighted by Gasteiger charge is 2.30. The van der Waals surface area contributed by atoms with E-state index < -0.39 is 6.10 Å². The smallest absolute Gasteiger partial charge is 0.125 e. The minimum atomic E-state index is -0.601. The zero-order chi connectivity index (χ0) is 18.1. The van der Waals surface area contributed by atoms with Gasteiger partial charge in [0, 0.05) is 48.6 Å². The molecular weight excluding hydrogens is 318 g/mol. The van der Waals surface area contributed by atoms with E-state index in [2.05, 4.69) is 23.8 Å². The maximum absolute atomic E-state index is 10.7. The van der Waals surface area contributed by atoms with Crippen molar-refractivity contribution in [2.75, 3.05) is 20.8 Å². The molecule has 6 heteroatoms. The molecule has 1 unspecified atom stereocenters. The summed E-state index contributed by atoms with van der Waals surface area (Å²) in [5.74, 6) is 1.51. The second-order valence-electron chi connectivity index (χ2n) is 6.51. The molecule has 1 N–H and O–H groups in total. The van der Waals surface area contributed by atoms with Crippen LogP contribution in [0.2, 0.25) is 0 Å². The molecule has 0 radical (unpaired) electrons. The van der Waals surface area contributed by atoms with E-state index >= 15 is 0 Å². The minimum Gasteiger partial charge on any atom is -0.496 e. The predicted molar refractivity (Wildman–Crippen MR) is 96.0 cm³/mol. The molecule has 25 heavy (non-hydrogen) atoms. The fourth-order valence-electron chi connectivity index (χ4n) is 3.76. The first-order chi connectivity index (χ1) is 12.0. The lowest BCUT2D eigenvalue weighted by molar-refractivity contribution is 0.0841. The molecule has 0 amide bonds. The van der Waals surface area contributed by atoms with E-state index in [0.29, 0.717) is 18.8 Å². The number of hydrogen-bond acceptors (Lipinski definition) is 5. The molecule has 1 atom stereocenters. The maximum atomic E-state index is 10.7. The first-order valence-electron chi connectivity index (χ1n) is 8.67. The van der Waals surface area contributed by atoms with Crippen LogP contribution in [0.25, 0.3) is 0 Å². The second kappa shape index (κ2) is 7.06. The highest BCUT2D eigenvalue weighted by atomic mass is 16.5. The van der Waals surface area contributed by atoms with Crippen molar-refractivity contribution < 1.29 is 14.6 Å². The van der Waals surface area contributed by atoms with E-state index in [4.69, 9.17) is 9.47 Å². The topological polar surface area (TPSA) is 59.8 Å². The van der Waals surface area contributed by atoms with Gasteiger partial charge in [-0.25, -0.2) is 0 Å². The summed E-state index contributed by atoms with van der Waals surface area (Å²) in [5.41, 5.74) is 5.32. The Labute approximate surface area is 149 Å². The van der Waals surface area contributed by atoms with Crippen molar-refractivity contribution in [3.05, 3.63) is 40.2 Å². The van der Waals surface area contributed by atoms with E-state index in [1.165, 1.54) is 11.3 Å². The Hall–Kier alpha value is -2.05. The summed E-state index contributed by atoms with van der Waals surface area (Å²) >= 11 is 0. The lowest BCUT2D eigenvalue weighted by atomic mass is 9.94. The molecule has 136 valence electrons. The highest BCUT2D eigenvalue weighted by molar-refractivity contribution is 5.51. The molecule has 0 saturated carbocycles. The molecule has 0 aliphatic carbocycles. The second-order valence-corrected chi connectivity index (χ2v) is 6.51. The first-order valence-corrected chi connectivity index (χ1v) is 8.67. The van der Waals surface area contributed by atoms with Crippen LogP contribution in [0, 0.1) is 13.8 Å². The van der Waals surface area contributed by atoms with Crippen molar-refractivity contribution in [2.24, 2.45) is 0 Å². The zero-order valence-corrected chi connectivity index (χ0v) is 15.7. The van der Waals surface area contributed by atoms with Crippen LogP contribution in [-0.2, 0) is 19.6 Å². The predicted octanol–water partition coefficient (Wildman–Crippen LogP) is 2.59. The standard InChI is InChI=1S/C19H27N3O3/c1-6-22-13(3)14(12(2)20-22)9-21-10-15-17(24-4)7-8-18(25-5)19(15)16(23)11-21/h7-8,16,23H,6,9-11H2,1-5H3. The van der Waals surface area contributed by atoms with Crippen LogP contribution in [0.3, 0.4) is 0 Å². The van der Waals surface area contributed by atoms with Crippen LogP contribution < -0.4 is 9.47 Å². The number of aliphatic hydroxyl groups excluding tert-OH is 1. The summed E-state index contributed by atoms with van der Waals surface area (Å²) in [6.45, 7) is 9.15. The van der Waals surface area contributed by atoms with Gasteiger partial charge in [-0.05, 0) is 32.9 Å². The minimum absolute atomic E-state index is 0.562. The van der Waals surface area contributed by atoms with Gasteiger partial charge >= 0.3 is 0 Å². The SMILES string of the molecule is CCn1nc(C)c(CN2Cc3c(OC)ccc(OC)c3C(O)C2)c1C. The molecule has 1 aromatic carbocycles. The van der Waals surface area contributed by atoms with Gasteiger partial charge in [0.05, 0.1) is 26.0 Å². The van der Waals surface area contributed by atoms with E-state index in [1.54, 1.807) is 14.2 Å². The average molecular weight is 345 g/mol. The van der Waals surface area contributed by atoms with E-state index in [9.17, 15) is 5.11 Å². The molecule has 0 spiro atoms.